The normalized spacial score (nSPS) is 15.2. The van der Waals surface area contributed by atoms with Crippen LogP contribution in [0.25, 0.3) is 11.1 Å². The third-order valence-corrected chi connectivity index (χ3v) is 5.96. The number of esters is 1. The Morgan fingerprint density at radius 2 is 1.71 bits per heavy atom. The minimum Gasteiger partial charge on any atom is -0.508 e. The van der Waals surface area contributed by atoms with Gasteiger partial charge in [0.2, 0.25) is 5.91 Å². The second-order valence-electron chi connectivity index (χ2n) is 8.56. The Morgan fingerprint density at radius 1 is 1.03 bits per heavy atom. The van der Waals surface area contributed by atoms with Gasteiger partial charge >= 0.3 is 5.97 Å². The molecule has 7 nitrogen and oxygen atoms in total. The number of anilines is 2. The van der Waals surface area contributed by atoms with Crippen LogP contribution in [0.4, 0.5) is 11.4 Å². The Bertz CT molecular complexity index is 1200. The third-order valence-electron chi connectivity index (χ3n) is 5.96. The van der Waals surface area contributed by atoms with Crippen molar-refractivity contribution in [3.8, 4) is 16.9 Å². The van der Waals surface area contributed by atoms with E-state index in [9.17, 15) is 19.5 Å². The highest BCUT2D eigenvalue weighted by Gasteiger charge is 2.36. The van der Waals surface area contributed by atoms with Gasteiger partial charge in [0.1, 0.15) is 5.75 Å². The molecule has 7 heteroatoms. The number of carbonyl (C=O) groups excluding carboxylic acids is 3. The van der Waals surface area contributed by atoms with Gasteiger partial charge < -0.3 is 20.1 Å². The number of benzene rings is 3. The summed E-state index contributed by atoms with van der Waals surface area (Å²) in [4.78, 5) is 39.2. The average Bonchev–Trinajstić information content (AvgIpc) is 3.26. The number of unbranched alkanes of at least 4 members (excludes halogenated alkanes) is 1. The molecule has 2 amide bonds. The zero-order valence-electron chi connectivity index (χ0n) is 19.6. The van der Waals surface area contributed by atoms with E-state index in [2.05, 4.69) is 5.32 Å². The Hall–Kier alpha value is -4.13. The molecule has 1 fully saturated rings. The van der Waals surface area contributed by atoms with Gasteiger partial charge in [-0.25, -0.2) is 0 Å². The summed E-state index contributed by atoms with van der Waals surface area (Å²) in [6.07, 6.45) is 1.86. The molecule has 1 unspecified atom stereocenters. The first-order chi connectivity index (χ1) is 16.9. The van der Waals surface area contributed by atoms with E-state index in [0.29, 0.717) is 23.5 Å². The molecule has 180 valence electrons. The van der Waals surface area contributed by atoms with Gasteiger partial charge in [0.25, 0.3) is 5.91 Å². The summed E-state index contributed by atoms with van der Waals surface area (Å²) in [5.41, 5.74) is 3.53. The van der Waals surface area contributed by atoms with Crippen molar-refractivity contribution in [3.05, 3.63) is 78.4 Å². The van der Waals surface area contributed by atoms with Crippen molar-refractivity contribution in [3.63, 3.8) is 0 Å². The fourth-order valence-corrected chi connectivity index (χ4v) is 3.97. The van der Waals surface area contributed by atoms with Crippen LogP contribution in [0.1, 0.15) is 36.5 Å². The number of hydrogen-bond acceptors (Lipinski definition) is 5. The van der Waals surface area contributed by atoms with E-state index in [0.717, 1.165) is 24.0 Å². The van der Waals surface area contributed by atoms with Crippen molar-refractivity contribution in [2.45, 2.75) is 26.2 Å². The van der Waals surface area contributed by atoms with Crippen LogP contribution in [0.2, 0.25) is 0 Å². The van der Waals surface area contributed by atoms with Gasteiger partial charge in [-0.15, -0.1) is 0 Å². The molecule has 0 aromatic heterocycles. The summed E-state index contributed by atoms with van der Waals surface area (Å²) in [7, 11) is 0. The van der Waals surface area contributed by atoms with E-state index in [-0.39, 0.29) is 36.5 Å². The van der Waals surface area contributed by atoms with Crippen molar-refractivity contribution in [2.75, 3.05) is 23.4 Å². The van der Waals surface area contributed by atoms with Crippen LogP contribution in [0.3, 0.4) is 0 Å². The lowest BCUT2D eigenvalue weighted by Gasteiger charge is -2.18. The predicted octanol–water partition coefficient (Wildman–Crippen LogP) is 5.01. The molecule has 0 aliphatic carbocycles. The maximum absolute atomic E-state index is 12.8. The highest BCUT2D eigenvalue weighted by molar-refractivity contribution is 6.05. The molecule has 3 aromatic rings. The Labute approximate surface area is 204 Å². The van der Waals surface area contributed by atoms with Gasteiger partial charge in [-0.3, -0.25) is 14.4 Å². The first-order valence-electron chi connectivity index (χ1n) is 11.7. The highest BCUT2D eigenvalue weighted by Crippen LogP contribution is 2.28. The van der Waals surface area contributed by atoms with Crippen LogP contribution in [-0.2, 0) is 14.3 Å². The lowest BCUT2D eigenvalue weighted by molar-refractivity contribution is -0.148. The third kappa shape index (κ3) is 5.87. The Morgan fingerprint density at radius 3 is 2.40 bits per heavy atom. The molecule has 1 aliphatic heterocycles. The zero-order chi connectivity index (χ0) is 24.8. The van der Waals surface area contributed by atoms with E-state index < -0.39 is 5.92 Å². The lowest BCUT2D eigenvalue weighted by atomic mass is 10.0. The van der Waals surface area contributed by atoms with Gasteiger partial charge in [-0.1, -0.05) is 43.7 Å². The molecule has 35 heavy (non-hydrogen) atoms. The monoisotopic (exact) mass is 472 g/mol. The van der Waals surface area contributed by atoms with Crippen molar-refractivity contribution < 1.29 is 24.2 Å². The van der Waals surface area contributed by atoms with E-state index in [1.54, 1.807) is 53.4 Å². The first-order valence-corrected chi connectivity index (χ1v) is 11.7. The molecule has 1 heterocycles. The van der Waals surface area contributed by atoms with E-state index in [1.807, 2.05) is 31.2 Å². The molecule has 0 radical (unpaired) electrons. The fourth-order valence-electron chi connectivity index (χ4n) is 3.97. The zero-order valence-corrected chi connectivity index (χ0v) is 19.6. The Kier molecular flexibility index (Phi) is 7.45. The second-order valence-corrected chi connectivity index (χ2v) is 8.56. The van der Waals surface area contributed by atoms with Crippen LogP contribution in [0.5, 0.6) is 5.75 Å². The SMILES string of the molecule is CCCCOC(=O)C1CC(=O)N(c2cccc(NC(=O)c3ccc(-c4ccc(O)cc4)cc3)c2)C1. The average molecular weight is 473 g/mol. The summed E-state index contributed by atoms with van der Waals surface area (Å²) in [5, 5.41) is 12.3. The minimum atomic E-state index is -0.482. The quantitative estimate of drug-likeness (QED) is 0.355. The van der Waals surface area contributed by atoms with Crippen LogP contribution >= 0.6 is 0 Å². The molecule has 0 bridgehead atoms. The molecule has 0 spiro atoms. The van der Waals surface area contributed by atoms with Crippen molar-refractivity contribution in [1.82, 2.24) is 0 Å². The smallest absolute Gasteiger partial charge is 0.311 e. The maximum Gasteiger partial charge on any atom is 0.311 e. The number of aromatic hydroxyl groups is 1. The molecule has 1 atom stereocenters. The van der Waals surface area contributed by atoms with Gasteiger partial charge in [-0.05, 0) is 60.0 Å². The number of phenols is 1. The molecule has 0 saturated carbocycles. The van der Waals surface area contributed by atoms with Gasteiger partial charge in [0, 0.05) is 29.9 Å². The summed E-state index contributed by atoms with van der Waals surface area (Å²) in [5.74, 6) is -1.04. The van der Waals surface area contributed by atoms with Crippen molar-refractivity contribution in [1.29, 1.82) is 0 Å². The van der Waals surface area contributed by atoms with Gasteiger partial charge in [0.15, 0.2) is 0 Å². The molecule has 4 rings (SSSR count). The predicted molar refractivity (Wildman–Crippen MR) is 134 cm³/mol. The van der Waals surface area contributed by atoms with Gasteiger partial charge in [-0.2, -0.15) is 0 Å². The molecular formula is C28H28N2O5. The maximum atomic E-state index is 12.8. The van der Waals surface area contributed by atoms with Crippen molar-refractivity contribution in [2.24, 2.45) is 5.92 Å². The van der Waals surface area contributed by atoms with Crippen LogP contribution in [0.15, 0.2) is 72.8 Å². The van der Waals surface area contributed by atoms with Crippen LogP contribution in [0, 0.1) is 5.92 Å². The summed E-state index contributed by atoms with van der Waals surface area (Å²) in [6.45, 7) is 2.66. The number of rotatable bonds is 8. The molecule has 1 aliphatic rings. The van der Waals surface area contributed by atoms with Crippen LogP contribution < -0.4 is 10.2 Å². The number of nitrogens with one attached hydrogen (secondary N) is 1. The van der Waals surface area contributed by atoms with Gasteiger partial charge in [0.05, 0.1) is 12.5 Å². The molecule has 1 saturated heterocycles. The number of carbonyl (C=O) groups is 3. The Balaban J connectivity index is 1.40. The number of nitrogens with zero attached hydrogens (tertiary/aromatic N) is 1. The van der Waals surface area contributed by atoms with E-state index in [1.165, 1.54) is 0 Å². The van der Waals surface area contributed by atoms with E-state index >= 15 is 0 Å². The minimum absolute atomic E-state index is 0.120. The number of hydrogen-bond donors (Lipinski definition) is 2. The summed E-state index contributed by atoms with van der Waals surface area (Å²) >= 11 is 0. The number of phenolic OH excluding ortho intramolecular Hbond substituents is 1. The van der Waals surface area contributed by atoms with Crippen LogP contribution in [-0.4, -0.2) is 36.0 Å². The topological polar surface area (TPSA) is 95.9 Å². The molecule has 2 N–H and O–H groups in total. The summed E-state index contributed by atoms with van der Waals surface area (Å²) < 4.78 is 5.28. The number of amides is 2. The summed E-state index contributed by atoms with van der Waals surface area (Å²) in [6, 6.07) is 21.0. The first kappa shape index (κ1) is 24.0. The van der Waals surface area contributed by atoms with Crippen molar-refractivity contribution >= 4 is 29.2 Å². The second kappa shape index (κ2) is 10.9. The molecule has 3 aromatic carbocycles. The van der Waals surface area contributed by atoms with E-state index in [4.69, 9.17) is 4.74 Å². The lowest BCUT2D eigenvalue weighted by Crippen LogP contribution is -2.26. The largest absolute Gasteiger partial charge is 0.508 e. The number of ether oxygens (including phenoxy) is 1. The standard InChI is InChI=1S/C28H28N2O5/c1-2-3-15-35-28(34)22-16-26(32)30(18-22)24-6-4-5-23(17-24)29-27(33)21-9-7-19(8-10-21)20-11-13-25(31)14-12-20/h4-14,17,22,31H,2-3,15-16,18H2,1H3,(H,29,33). The fraction of sp³-hybridized carbons (Fsp3) is 0.250. The highest BCUT2D eigenvalue weighted by atomic mass is 16.5. The molecular weight excluding hydrogens is 444 g/mol.